The molecular weight excluding hydrogens is 500 g/mol. The summed E-state index contributed by atoms with van der Waals surface area (Å²) in [6, 6.07) is 24.2. The zero-order valence-corrected chi connectivity index (χ0v) is 21.1. The lowest BCUT2D eigenvalue weighted by Gasteiger charge is -2.32. The molecule has 4 nitrogen and oxygen atoms in total. The second-order valence-electron chi connectivity index (χ2n) is 8.29. The van der Waals surface area contributed by atoms with Crippen molar-refractivity contribution in [2.45, 2.75) is 45.3 Å². The third kappa shape index (κ3) is 7.44. The molecule has 0 heterocycles. The Kier molecular flexibility index (Phi) is 9.10. The summed E-state index contributed by atoms with van der Waals surface area (Å²) in [7, 11) is 0. The molecule has 0 spiro atoms. The van der Waals surface area contributed by atoms with Gasteiger partial charge in [0.2, 0.25) is 11.8 Å². The second kappa shape index (κ2) is 12.0. The minimum atomic E-state index is -0.663. The van der Waals surface area contributed by atoms with Crippen LogP contribution in [0.25, 0.3) is 0 Å². The summed E-state index contributed by atoms with van der Waals surface area (Å²) >= 11 is 9.84. The molecule has 1 atom stereocenters. The molecule has 0 saturated carbocycles. The molecule has 0 bridgehead atoms. The zero-order chi connectivity index (χ0) is 23.8. The van der Waals surface area contributed by atoms with Crippen molar-refractivity contribution in [3.63, 3.8) is 0 Å². The van der Waals surface area contributed by atoms with Crippen LogP contribution in [0.2, 0.25) is 5.02 Å². The van der Waals surface area contributed by atoms with Crippen LogP contribution < -0.4 is 5.32 Å². The van der Waals surface area contributed by atoms with Crippen molar-refractivity contribution in [1.82, 2.24) is 10.2 Å². The first-order chi connectivity index (χ1) is 15.8. The number of rotatable bonds is 9. The quantitative estimate of drug-likeness (QED) is 0.382. The fourth-order valence-corrected chi connectivity index (χ4v) is 4.32. The van der Waals surface area contributed by atoms with E-state index in [0.717, 1.165) is 21.2 Å². The maximum Gasteiger partial charge on any atom is 0.243 e. The third-order valence-corrected chi connectivity index (χ3v) is 6.11. The minimum absolute atomic E-state index is 0.0397. The topological polar surface area (TPSA) is 49.4 Å². The first kappa shape index (κ1) is 25.0. The van der Waals surface area contributed by atoms with E-state index in [0.29, 0.717) is 18.0 Å². The molecule has 3 rings (SSSR count). The highest BCUT2D eigenvalue weighted by atomic mass is 79.9. The van der Waals surface area contributed by atoms with Crippen LogP contribution in [0, 0.1) is 0 Å². The van der Waals surface area contributed by atoms with Crippen LogP contribution in [0.4, 0.5) is 0 Å². The van der Waals surface area contributed by atoms with Gasteiger partial charge < -0.3 is 10.2 Å². The predicted octanol–water partition coefficient (Wildman–Crippen LogP) is 5.81. The van der Waals surface area contributed by atoms with Crippen molar-refractivity contribution in [1.29, 1.82) is 0 Å². The summed E-state index contributed by atoms with van der Waals surface area (Å²) in [6.07, 6.45) is 0.537. The highest BCUT2D eigenvalue weighted by molar-refractivity contribution is 9.10. The van der Waals surface area contributed by atoms with E-state index < -0.39 is 6.04 Å². The molecule has 172 valence electrons. The molecule has 2 amide bonds. The number of benzene rings is 3. The van der Waals surface area contributed by atoms with Gasteiger partial charge in [0.05, 0.1) is 6.42 Å². The molecular formula is C27H28BrClN2O2. The molecule has 0 unspecified atom stereocenters. The maximum atomic E-state index is 13.7. The van der Waals surface area contributed by atoms with Gasteiger partial charge in [-0.15, -0.1) is 0 Å². The Hall–Kier alpha value is -2.63. The summed E-state index contributed by atoms with van der Waals surface area (Å²) in [5.74, 6) is -0.320. The average molecular weight is 528 g/mol. The van der Waals surface area contributed by atoms with Gasteiger partial charge in [-0.2, -0.15) is 0 Å². The Bertz CT molecular complexity index is 1090. The SMILES string of the molecule is CC(C)NC(=O)[C@@H](Cc1ccccc1)N(Cc1cccc(Br)c1)C(=O)Cc1ccccc1Cl. The number of nitrogens with zero attached hydrogens (tertiary/aromatic N) is 1. The van der Waals surface area contributed by atoms with E-state index in [-0.39, 0.29) is 24.3 Å². The summed E-state index contributed by atoms with van der Waals surface area (Å²) in [6.45, 7) is 4.15. The Morgan fingerprint density at radius 2 is 1.61 bits per heavy atom. The van der Waals surface area contributed by atoms with Gasteiger partial charge >= 0.3 is 0 Å². The number of hydrogen-bond acceptors (Lipinski definition) is 2. The Morgan fingerprint density at radius 1 is 0.939 bits per heavy atom. The first-order valence-corrected chi connectivity index (χ1v) is 12.1. The molecule has 3 aromatic carbocycles. The molecule has 0 aromatic heterocycles. The number of halogens is 2. The Labute approximate surface area is 209 Å². The molecule has 33 heavy (non-hydrogen) atoms. The van der Waals surface area contributed by atoms with Crippen LogP contribution >= 0.6 is 27.5 Å². The molecule has 0 aliphatic carbocycles. The van der Waals surface area contributed by atoms with Crippen molar-refractivity contribution in [2.75, 3.05) is 0 Å². The van der Waals surface area contributed by atoms with E-state index in [2.05, 4.69) is 21.2 Å². The van der Waals surface area contributed by atoms with Crippen LogP contribution in [0.1, 0.15) is 30.5 Å². The van der Waals surface area contributed by atoms with Gasteiger partial charge in [0.1, 0.15) is 6.04 Å². The number of hydrogen-bond donors (Lipinski definition) is 1. The maximum absolute atomic E-state index is 13.7. The summed E-state index contributed by atoms with van der Waals surface area (Å²) in [4.78, 5) is 28.7. The van der Waals surface area contributed by atoms with Crippen molar-refractivity contribution in [2.24, 2.45) is 0 Å². The van der Waals surface area contributed by atoms with E-state index in [1.807, 2.05) is 86.6 Å². The number of amides is 2. The highest BCUT2D eigenvalue weighted by Crippen LogP contribution is 2.21. The monoisotopic (exact) mass is 526 g/mol. The van der Waals surface area contributed by atoms with Crippen molar-refractivity contribution in [3.05, 3.63) is 105 Å². The van der Waals surface area contributed by atoms with E-state index in [1.54, 1.807) is 11.0 Å². The average Bonchev–Trinajstić information content (AvgIpc) is 2.78. The van der Waals surface area contributed by atoms with Gasteiger partial charge in [0.25, 0.3) is 0 Å². The summed E-state index contributed by atoms with van der Waals surface area (Å²) in [5.41, 5.74) is 2.67. The van der Waals surface area contributed by atoms with Crippen LogP contribution in [-0.2, 0) is 29.0 Å². The van der Waals surface area contributed by atoms with E-state index in [1.165, 1.54) is 0 Å². The van der Waals surface area contributed by atoms with Gasteiger partial charge in [-0.25, -0.2) is 0 Å². The number of carbonyl (C=O) groups excluding carboxylic acids is 2. The Balaban J connectivity index is 1.98. The molecule has 0 aliphatic rings. The lowest BCUT2D eigenvalue weighted by atomic mass is 10.0. The molecule has 3 aromatic rings. The summed E-state index contributed by atoms with van der Waals surface area (Å²) < 4.78 is 0.921. The van der Waals surface area contributed by atoms with Crippen LogP contribution in [0.15, 0.2) is 83.3 Å². The largest absolute Gasteiger partial charge is 0.352 e. The highest BCUT2D eigenvalue weighted by Gasteiger charge is 2.31. The fourth-order valence-electron chi connectivity index (χ4n) is 3.67. The van der Waals surface area contributed by atoms with Crippen LogP contribution in [0.3, 0.4) is 0 Å². The van der Waals surface area contributed by atoms with Gasteiger partial charge in [-0.1, -0.05) is 88.2 Å². The third-order valence-electron chi connectivity index (χ3n) is 5.24. The minimum Gasteiger partial charge on any atom is -0.352 e. The molecule has 0 saturated heterocycles. The lowest BCUT2D eigenvalue weighted by molar-refractivity contribution is -0.141. The van der Waals surface area contributed by atoms with Gasteiger partial charge in [-0.05, 0) is 48.7 Å². The van der Waals surface area contributed by atoms with E-state index >= 15 is 0 Å². The van der Waals surface area contributed by atoms with Crippen molar-refractivity contribution < 1.29 is 9.59 Å². The Morgan fingerprint density at radius 3 is 2.27 bits per heavy atom. The van der Waals surface area contributed by atoms with Crippen molar-refractivity contribution >= 4 is 39.3 Å². The molecule has 0 fully saturated rings. The molecule has 6 heteroatoms. The van der Waals surface area contributed by atoms with Crippen LogP contribution in [-0.4, -0.2) is 28.8 Å². The second-order valence-corrected chi connectivity index (χ2v) is 9.61. The van der Waals surface area contributed by atoms with E-state index in [9.17, 15) is 9.59 Å². The van der Waals surface area contributed by atoms with Crippen molar-refractivity contribution in [3.8, 4) is 0 Å². The normalized spacial score (nSPS) is 11.8. The van der Waals surface area contributed by atoms with Gasteiger partial charge in [0, 0.05) is 28.5 Å². The number of nitrogens with one attached hydrogen (secondary N) is 1. The molecule has 1 N–H and O–H groups in total. The molecule has 0 radical (unpaired) electrons. The van der Waals surface area contributed by atoms with Gasteiger partial charge in [0.15, 0.2) is 0 Å². The summed E-state index contributed by atoms with van der Waals surface area (Å²) in [5, 5.41) is 3.54. The first-order valence-electron chi connectivity index (χ1n) is 10.9. The van der Waals surface area contributed by atoms with Crippen LogP contribution in [0.5, 0.6) is 0 Å². The zero-order valence-electron chi connectivity index (χ0n) is 18.8. The molecule has 0 aliphatic heterocycles. The fraction of sp³-hybridized carbons (Fsp3) is 0.259. The van der Waals surface area contributed by atoms with Gasteiger partial charge in [-0.3, -0.25) is 9.59 Å². The standard InChI is InChI=1S/C27H28BrClN2O2/c1-19(2)30-27(33)25(16-20-9-4-3-5-10-20)31(18-21-11-8-13-23(28)15-21)26(32)17-22-12-6-7-14-24(22)29/h3-15,19,25H,16-18H2,1-2H3,(H,30,33)/t25-/m1/s1. The predicted molar refractivity (Wildman–Crippen MR) is 137 cm³/mol. The number of carbonyl (C=O) groups is 2. The lowest BCUT2D eigenvalue weighted by Crippen LogP contribution is -2.52. The van der Waals surface area contributed by atoms with E-state index in [4.69, 9.17) is 11.6 Å². The smallest absolute Gasteiger partial charge is 0.243 e.